The number of amides is 5. The van der Waals surface area contributed by atoms with Gasteiger partial charge in [-0.05, 0) is 46.2 Å². The molecule has 2 fully saturated rings. The van der Waals surface area contributed by atoms with Gasteiger partial charge in [0.1, 0.15) is 17.8 Å². The lowest BCUT2D eigenvalue weighted by Crippen LogP contribution is -2.62. The number of nitrogens with zero attached hydrogens (tertiary/aromatic N) is 2. The first kappa shape index (κ1) is 28.2. The highest BCUT2D eigenvalue weighted by Gasteiger charge is 2.45. The number of ether oxygens (including phenoxy) is 1. The molecule has 11 nitrogen and oxygen atoms in total. The maximum atomic E-state index is 13.7. The fraction of sp³-hybridized carbons (Fsp3) is 0.615. The van der Waals surface area contributed by atoms with Crippen LogP contribution in [0.25, 0.3) is 0 Å². The maximum absolute atomic E-state index is 13.7. The summed E-state index contributed by atoms with van der Waals surface area (Å²) in [6.07, 6.45) is 2.44. The van der Waals surface area contributed by atoms with Crippen LogP contribution in [0.3, 0.4) is 0 Å². The highest BCUT2D eigenvalue weighted by molar-refractivity contribution is 5.93. The molecule has 1 aromatic rings. The van der Waals surface area contributed by atoms with Crippen LogP contribution in [0.15, 0.2) is 24.3 Å². The van der Waals surface area contributed by atoms with Crippen LogP contribution in [-0.2, 0) is 14.4 Å². The minimum atomic E-state index is -0.912. The van der Waals surface area contributed by atoms with E-state index in [1.807, 2.05) is 38.1 Å². The predicted octanol–water partition coefficient (Wildman–Crippen LogP) is 0.889. The lowest BCUT2D eigenvalue weighted by molar-refractivity contribution is -0.144. The number of hydrogen-bond donors (Lipinski definition) is 4. The number of benzene rings is 1. The van der Waals surface area contributed by atoms with Crippen molar-refractivity contribution in [3.05, 3.63) is 29.8 Å². The van der Waals surface area contributed by atoms with E-state index in [1.165, 1.54) is 14.0 Å². The van der Waals surface area contributed by atoms with Crippen molar-refractivity contribution < 1.29 is 23.9 Å². The van der Waals surface area contributed by atoms with E-state index in [2.05, 4.69) is 21.7 Å². The molecule has 204 valence electrons. The van der Waals surface area contributed by atoms with Crippen LogP contribution in [0.4, 0.5) is 4.79 Å². The normalized spacial score (nSPS) is 24.9. The summed E-state index contributed by atoms with van der Waals surface area (Å²) in [4.78, 5) is 54.9. The second-order valence-corrected chi connectivity index (χ2v) is 9.82. The summed E-state index contributed by atoms with van der Waals surface area (Å²) in [5, 5.41) is 8.70. The zero-order valence-electron chi connectivity index (χ0n) is 22.2. The Hall–Kier alpha value is -3.34. The Morgan fingerprint density at radius 1 is 1.03 bits per heavy atom. The third-order valence-corrected chi connectivity index (χ3v) is 6.84. The molecule has 4 rings (SSSR count). The van der Waals surface area contributed by atoms with Gasteiger partial charge in [-0.15, -0.1) is 0 Å². The van der Waals surface area contributed by atoms with Gasteiger partial charge in [0.2, 0.25) is 17.7 Å². The first-order valence-electron chi connectivity index (χ1n) is 13.0. The monoisotopic (exact) mass is 516 g/mol. The van der Waals surface area contributed by atoms with Gasteiger partial charge in [0.15, 0.2) is 0 Å². The smallest absolute Gasteiger partial charge is 0.317 e. The van der Waals surface area contributed by atoms with Gasteiger partial charge in [-0.3, -0.25) is 14.4 Å². The Balaban J connectivity index is 0.00000186. The van der Waals surface area contributed by atoms with Crippen molar-refractivity contribution in [3.8, 4) is 5.75 Å². The molecule has 11 heteroatoms. The summed E-state index contributed by atoms with van der Waals surface area (Å²) in [5.41, 5.74) is 5.43. The summed E-state index contributed by atoms with van der Waals surface area (Å²) < 4.78 is 5.71. The molecule has 0 saturated carbocycles. The topological polar surface area (TPSA) is 146 Å². The van der Waals surface area contributed by atoms with E-state index >= 15 is 0 Å². The van der Waals surface area contributed by atoms with Gasteiger partial charge in [-0.25, -0.2) is 4.79 Å². The molecular weight excluding hydrogens is 476 g/mol. The van der Waals surface area contributed by atoms with Crippen molar-refractivity contribution in [1.82, 2.24) is 25.8 Å². The first-order chi connectivity index (χ1) is 17.7. The molecule has 0 aliphatic carbocycles. The summed E-state index contributed by atoms with van der Waals surface area (Å²) in [7, 11) is 1.50. The number of carbonyl (C=O) groups excluding carboxylic acids is 4. The number of carbonyl (C=O) groups is 4. The largest absolute Gasteiger partial charge is 0.493 e. The van der Waals surface area contributed by atoms with Crippen molar-refractivity contribution >= 4 is 23.8 Å². The summed E-state index contributed by atoms with van der Waals surface area (Å²) in [6, 6.07) is 5.46. The Morgan fingerprint density at radius 3 is 2.46 bits per heavy atom. The summed E-state index contributed by atoms with van der Waals surface area (Å²) in [6.45, 7) is 6.09. The molecule has 4 atom stereocenters. The minimum Gasteiger partial charge on any atom is -0.493 e. The minimum absolute atomic E-state index is 0.0470. The molecule has 3 aliphatic heterocycles. The fourth-order valence-corrected chi connectivity index (χ4v) is 5.27. The van der Waals surface area contributed by atoms with Gasteiger partial charge in [0.25, 0.3) is 0 Å². The third kappa shape index (κ3) is 6.71. The van der Waals surface area contributed by atoms with E-state index in [0.29, 0.717) is 38.8 Å². The van der Waals surface area contributed by atoms with Gasteiger partial charge in [0.05, 0.1) is 19.2 Å². The molecular formula is C26H40N6O5. The molecule has 0 unspecified atom stereocenters. The van der Waals surface area contributed by atoms with E-state index in [0.717, 1.165) is 11.3 Å². The number of fused-ring (bicyclic) bond motifs is 2. The van der Waals surface area contributed by atoms with E-state index in [4.69, 9.17) is 4.74 Å². The van der Waals surface area contributed by atoms with Crippen LogP contribution in [0, 0.1) is 0 Å². The number of para-hydroxylation sites is 1. The average molecular weight is 517 g/mol. The molecule has 0 spiro atoms. The number of rotatable bonds is 4. The van der Waals surface area contributed by atoms with Crippen molar-refractivity contribution in [3.63, 3.8) is 0 Å². The lowest BCUT2D eigenvalue weighted by atomic mass is 10.00. The van der Waals surface area contributed by atoms with Crippen molar-refractivity contribution in [2.24, 2.45) is 5.73 Å². The average Bonchev–Trinajstić information content (AvgIpc) is 3.29. The number of nitrogens with two attached hydrogens (primary N) is 1. The Bertz CT molecular complexity index is 986. The van der Waals surface area contributed by atoms with Crippen LogP contribution >= 0.6 is 0 Å². The Labute approximate surface area is 218 Å². The second kappa shape index (κ2) is 12.8. The molecule has 0 bridgehead atoms. The molecule has 3 heterocycles. The lowest BCUT2D eigenvalue weighted by Gasteiger charge is -2.39. The highest BCUT2D eigenvalue weighted by atomic mass is 16.5. The van der Waals surface area contributed by atoms with E-state index in [-0.39, 0.29) is 48.4 Å². The van der Waals surface area contributed by atoms with Gasteiger partial charge < -0.3 is 36.2 Å². The molecule has 1 aromatic carbocycles. The van der Waals surface area contributed by atoms with Gasteiger partial charge >= 0.3 is 6.03 Å². The van der Waals surface area contributed by atoms with Crippen molar-refractivity contribution in [2.45, 2.75) is 76.7 Å². The SMILES string of the molecule is CC(=O)N[C@H]1CN(C(=O)NC(C)C)CC[C@H]2CC[C@@H](C(=O)N[C@@H]3CCOc4ccccc43)N2C1=O.CN. The highest BCUT2D eigenvalue weighted by Crippen LogP contribution is 2.33. The molecule has 5 amide bonds. The zero-order chi connectivity index (χ0) is 27.1. The maximum Gasteiger partial charge on any atom is 0.317 e. The third-order valence-electron chi connectivity index (χ3n) is 6.84. The van der Waals surface area contributed by atoms with Crippen LogP contribution in [0.5, 0.6) is 5.75 Å². The van der Waals surface area contributed by atoms with Gasteiger partial charge in [0, 0.05) is 37.5 Å². The predicted molar refractivity (Wildman–Crippen MR) is 139 cm³/mol. The quantitative estimate of drug-likeness (QED) is 0.468. The molecule has 5 N–H and O–H groups in total. The standard InChI is InChI=1S/C25H35N5O5.CH5N/c1-15(2)26-25(34)29-12-10-17-8-9-21(30(17)24(33)20(14-29)27-16(3)31)23(32)28-19-11-13-35-22-7-5-4-6-18(19)22;1-2/h4-7,15,17,19-21H,8-14H2,1-3H3,(H,26,34)(H,27,31)(H,28,32);2H2,1H3/t17-,19-,20+,21+;/m1./s1. The second-order valence-electron chi connectivity index (χ2n) is 9.82. The summed E-state index contributed by atoms with van der Waals surface area (Å²) in [5.74, 6) is -0.110. The van der Waals surface area contributed by atoms with E-state index in [1.54, 1.807) is 9.80 Å². The Morgan fingerprint density at radius 2 is 1.76 bits per heavy atom. The van der Waals surface area contributed by atoms with Crippen molar-refractivity contribution in [2.75, 3.05) is 26.7 Å². The van der Waals surface area contributed by atoms with Crippen LogP contribution < -0.4 is 26.4 Å². The number of hydrogen-bond acceptors (Lipinski definition) is 6. The van der Waals surface area contributed by atoms with E-state index < -0.39 is 12.1 Å². The molecule has 2 saturated heterocycles. The van der Waals surface area contributed by atoms with Crippen LogP contribution in [0.1, 0.15) is 58.1 Å². The van der Waals surface area contributed by atoms with E-state index in [9.17, 15) is 19.2 Å². The van der Waals surface area contributed by atoms with Gasteiger partial charge in [-0.1, -0.05) is 18.2 Å². The number of nitrogens with one attached hydrogen (secondary N) is 3. The number of urea groups is 1. The van der Waals surface area contributed by atoms with Gasteiger partial charge in [-0.2, -0.15) is 0 Å². The molecule has 0 radical (unpaired) electrons. The molecule has 37 heavy (non-hydrogen) atoms. The summed E-state index contributed by atoms with van der Waals surface area (Å²) >= 11 is 0. The van der Waals surface area contributed by atoms with Crippen LogP contribution in [-0.4, -0.2) is 84.5 Å². The van der Waals surface area contributed by atoms with Crippen molar-refractivity contribution in [1.29, 1.82) is 0 Å². The van der Waals surface area contributed by atoms with Crippen LogP contribution in [0.2, 0.25) is 0 Å². The Kier molecular flexibility index (Phi) is 9.73. The molecule has 0 aromatic heterocycles. The first-order valence-corrected chi connectivity index (χ1v) is 13.0. The zero-order valence-corrected chi connectivity index (χ0v) is 22.2. The fourth-order valence-electron chi connectivity index (χ4n) is 5.27. The molecule has 3 aliphatic rings.